The molecular weight excluding hydrogens is 274 g/mol. The largest absolute Gasteiger partial charge is 0.480 e. The van der Waals surface area contributed by atoms with Crippen molar-refractivity contribution in [3.05, 3.63) is 30.2 Å². The molecule has 0 aliphatic heterocycles. The molecule has 0 spiro atoms. The molecule has 2 heterocycles. The molecule has 0 saturated heterocycles. The van der Waals surface area contributed by atoms with Gasteiger partial charge in [-0.15, -0.1) is 0 Å². The van der Waals surface area contributed by atoms with Gasteiger partial charge in [-0.1, -0.05) is 0 Å². The summed E-state index contributed by atoms with van der Waals surface area (Å²) in [4.78, 5) is 22.6. The second kappa shape index (κ2) is 5.39. The van der Waals surface area contributed by atoms with Crippen LogP contribution < -0.4 is 5.32 Å². The zero-order valence-corrected chi connectivity index (χ0v) is 11.3. The number of anilines is 1. The normalized spacial score (nSPS) is 14.1. The Kier molecular flexibility index (Phi) is 3.43. The summed E-state index contributed by atoms with van der Waals surface area (Å²) in [5, 5.41) is 19.4. The molecule has 1 aliphatic rings. The molecule has 0 atom stereocenters. The lowest BCUT2D eigenvalue weighted by Gasteiger charge is -1.99. The summed E-state index contributed by atoms with van der Waals surface area (Å²) in [5.74, 6) is -0.293. The van der Waals surface area contributed by atoms with E-state index in [9.17, 15) is 9.59 Å². The molecule has 8 nitrogen and oxygen atoms in total. The molecule has 0 bridgehead atoms. The van der Waals surface area contributed by atoms with Gasteiger partial charge in [-0.2, -0.15) is 10.2 Å². The number of nitrogens with one attached hydrogen (secondary N) is 1. The van der Waals surface area contributed by atoms with Crippen molar-refractivity contribution in [1.82, 2.24) is 19.6 Å². The Morgan fingerprint density at radius 2 is 2.19 bits per heavy atom. The minimum atomic E-state index is -0.989. The van der Waals surface area contributed by atoms with Gasteiger partial charge in [0.25, 0.3) is 5.91 Å². The van der Waals surface area contributed by atoms with Gasteiger partial charge in [0.2, 0.25) is 0 Å². The maximum Gasteiger partial charge on any atom is 0.325 e. The summed E-state index contributed by atoms with van der Waals surface area (Å²) in [5.41, 5.74) is 0.462. The monoisotopic (exact) mass is 289 g/mol. The minimum absolute atomic E-state index is 0.241. The number of carboxylic acid groups (broad SMARTS) is 1. The van der Waals surface area contributed by atoms with Crippen molar-refractivity contribution in [2.45, 2.75) is 25.9 Å². The lowest BCUT2D eigenvalue weighted by atomic mass is 10.3. The predicted molar refractivity (Wildman–Crippen MR) is 72.8 cm³/mol. The third kappa shape index (κ3) is 3.47. The van der Waals surface area contributed by atoms with Crippen molar-refractivity contribution in [3.8, 4) is 0 Å². The molecule has 2 aromatic heterocycles. The number of aromatic nitrogens is 4. The van der Waals surface area contributed by atoms with Gasteiger partial charge in [0.15, 0.2) is 5.82 Å². The molecule has 8 heteroatoms. The molecule has 2 aromatic rings. The smallest absolute Gasteiger partial charge is 0.325 e. The lowest BCUT2D eigenvalue weighted by Crippen LogP contribution is -2.13. The van der Waals surface area contributed by atoms with Crippen LogP contribution in [0.15, 0.2) is 24.7 Å². The number of carbonyl (C=O) groups excluding carboxylic acids is 1. The highest BCUT2D eigenvalue weighted by atomic mass is 16.4. The Morgan fingerprint density at radius 1 is 1.38 bits per heavy atom. The van der Waals surface area contributed by atoms with Gasteiger partial charge in [-0.05, 0) is 18.8 Å². The number of amides is 1. The molecule has 1 saturated carbocycles. The zero-order valence-electron chi connectivity index (χ0n) is 11.3. The van der Waals surface area contributed by atoms with Crippen molar-refractivity contribution in [2.24, 2.45) is 5.92 Å². The second-order valence-electron chi connectivity index (χ2n) is 5.14. The quantitative estimate of drug-likeness (QED) is 0.820. The second-order valence-corrected chi connectivity index (χ2v) is 5.14. The molecule has 110 valence electrons. The van der Waals surface area contributed by atoms with E-state index in [0.29, 0.717) is 17.3 Å². The summed E-state index contributed by atoms with van der Waals surface area (Å²) in [6, 6.07) is 1.55. The Morgan fingerprint density at radius 3 is 2.90 bits per heavy atom. The lowest BCUT2D eigenvalue weighted by molar-refractivity contribution is -0.137. The van der Waals surface area contributed by atoms with E-state index in [1.807, 2.05) is 0 Å². The molecule has 1 aliphatic carbocycles. The average molecular weight is 289 g/mol. The van der Waals surface area contributed by atoms with Gasteiger partial charge in [0.05, 0.1) is 11.8 Å². The van der Waals surface area contributed by atoms with Crippen LogP contribution in [-0.4, -0.2) is 36.5 Å². The Hall–Kier alpha value is -2.64. The van der Waals surface area contributed by atoms with Crippen LogP contribution in [-0.2, 0) is 17.9 Å². The van der Waals surface area contributed by atoms with Crippen molar-refractivity contribution < 1.29 is 14.7 Å². The summed E-state index contributed by atoms with van der Waals surface area (Å²) in [6.07, 6.45) is 7.18. The van der Waals surface area contributed by atoms with E-state index >= 15 is 0 Å². The molecule has 1 amide bonds. The molecule has 2 N–H and O–H groups in total. The van der Waals surface area contributed by atoms with E-state index in [4.69, 9.17) is 5.11 Å². The summed E-state index contributed by atoms with van der Waals surface area (Å²) in [7, 11) is 0. The number of rotatable bonds is 6. The van der Waals surface area contributed by atoms with Crippen LogP contribution in [0.1, 0.15) is 23.2 Å². The van der Waals surface area contributed by atoms with Gasteiger partial charge in [0.1, 0.15) is 6.54 Å². The fourth-order valence-corrected chi connectivity index (χ4v) is 1.99. The van der Waals surface area contributed by atoms with Crippen molar-refractivity contribution >= 4 is 17.7 Å². The highest BCUT2D eigenvalue weighted by molar-refractivity contribution is 6.03. The first-order chi connectivity index (χ1) is 10.1. The number of aliphatic carboxylic acids is 1. The first-order valence-corrected chi connectivity index (χ1v) is 6.69. The van der Waals surface area contributed by atoms with Gasteiger partial charge in [-0.25, -0.2) is 0 Å². The average Bonchev–Trinajstić information content (AvgIpc) is 2.92. The van der Waals surface area contributed by atoms with E-state index in [1.165, 1.54) is 29.9 Å². The number of nitrogens with zero attached hydrogens (tertiary/aromatic N) is 4. The number of hydrogen-bond acceptors (Lipinski definition) is 4. The predicted octanol–water partition coefficient (Wildman–Crippen LogP) is 0.826. The van der Waals surface area contributed by atoms with E-state index in [1.54, 1.807) is 16.9 Å². The van der Waals surface area contributed by atoms with Crippen LogP contribution >= 0.6 is 0 Å². The maximum atomic E-state index is 12.0. The number of carboxylic acids is 1. The summed E-state index contributed by atoms with van der Waals surface area (Å²) in [6.45, 7) is 0.607. The highest BCUT2D eigenvalue weighted by Gasteiger charge is 2.22. The first kappa shape index (κ1) is 13.3. The van der Waals surface area contributed by atoms with Gasteiger partial charge in [-0.3, -0.25) is 19.0 Å². The van der Waals surface area contributed by atoms with Crippen LogP contribution in [0.25, 0.3) is 0 Å². The fourth-order valence-electron chi connectivity index (χ4n) is 1.99. The molecule has 21 heavy (non-hydrogen) atoms. The zero-order chi connectivity index (χ0) is 14.8. The van der Waals surface area contributed by atoms with Crippen LogP contribution in [0.5, 0.6) is 0 Å². The van der Waals surface area contributed by atoms with Gasteiger partial charge < -0.3 is 10.4 Å². The molecule has 3 rings (SSSR count). The number of carbonyl (C=O) groups is 2. The van der Waals surface area contributed by atoms with Crippen LogP contribution in [0.3, 0.4) is 0 Å². The Bertz CT molecular complexity index is 671. The van der Waals surface area contributed by atoms with Crippen LogP contribution in [0, 0.1) is 5.92 Å². The van der Waals surface area contributed by atoms with E-state index in [0.717, 1.165) is 6.54 Å². The molecule has 0 aromatic carbocycles. The van der Waals surface area contributed by atoms with Crippen LogP contribution in [0.4, 0.5) is 5.82 Å². The maximum absolute atomic E-state index is 12.0. The SMILES string of the molecule is O=C(O)Cn1ccc(NC(=O)c2cnn(CC3CC3)c2)n1. The van der Waals surface area contributed by atoms with Gasteiger partial charge >= 0.3 is 5.97 Å². The first-order valence-electron chi connectivity index (χ1n) is 6.69. The fraction of sp³-hybridized carbons (Fsp3) is 0.385. The standard InChI is InChI=1S/C13H15N5O3/c19-12(20)8-17-4-3-11(16-17)15-13(21)10-5-14-18(7-10)6-9-1-2-9/h3-5,7,9H,1-2,6,8H2,(H,19,20)(H,15,16,21). The van der Waals surface area contributed by atoms with Crippen molar-refractivity contribution in [2.75, 3.05) is 5.32 Å². The van der Waals surface area contributed by atoms with E-state index in [2.05, 4.69) is 15.5 Å². The molecule has 0 radical (unpaired) electrons. The molecule has 1 fully saturated rings. The third-order valence-corrected chi connectivity index (χ3v) is 3.22. The van der Waals surface area contributed by atoms with E-state index in [-0.39, 0.29) is 12.5 Å². The summed E-state index contributed by atoms with van der Waals surface area (Å²) < 4.78 is 3.02. The van der Waals surface area contributed by atoms with Crippen molar-refractivity contribution in [1.29, 1.82) is 0 Å². The van der Waals surface area contributed by atoms with Gasteiger partial charge in [0, 0.05) is 25.0 Å². The Balaban J connectivity index is 1.60. The molecular formula is C13H15N5O3. The topological polar surface area (TPSA) is 102 Å². The Labute approximate surface area is 120 Å². The van der Waals surface area contributed by atoms with E-state index < -0.39 is 5.97 Å². The van der Waals surface area contributed by atoms with Crippen molar-refractivity contribution in [3.63, 3.8) is 0 Å². The highest BCUT2D eigenvalue weighted by Crippen LogP contribution is 2.30. The minimum Gasteiger partial charge on any atom is -0.480 e. The third-order valence-electron chi connectivity index (χ3n) is 3.22. The summed E-state index contributed by atoms with van der Waals surface area (Å²) >= 11 is 0. The molecule has 0 unspecified atom stereocenters. The number of hydrogen-bond donors (Lipinski definition) is 2. The van der Waals surface area contributed by atoms with Crippen LogP contribution in [0.2, 0.25) is 0 Å².